The summed E-state index contributed by atoms with van der Waals surface area (Å²) in [5.74, 6) is 0.790. The van der Waals surface area contributed by atoms with E-state index in [0.717, 1.165) is 24.2 Å². The average molecular weight is 329 g/mol. The number of hydrogen-bond acceptors (Lipinski definition) is 3. The molecule has 1 aromatic carbocycles. The lowest BCUT2D eigenvalue weighted by atomic mass is 9.81. The number of benzene rings is 1. The van der Waals surface area contributed by atoms with Crippen LogP contribution in [0.25, 0.3) is 6.08 Å². The molecule has 2 saturated carbocycles. The molecule has 0 aromatic heterocycles. The van der Waals surface area contributed by atoms with Gasteiger partial charge >= 0.3 is 0 Å². The van der Waals surface area contributed by atoms with E-state index in [2.05, 4.69) is 11.4 Å². The van der Waals surface area contributed by atoms with Crippen LogP contribution >= 0.6 is 0 Å². The minimum atomic E-state index is -0.338. The summed E-state index contributed by atoms with van der Waals surface area (Å²) >= 11 is 0. The number of quaternary nitrogens is 1. The second-order valence-corrected chi connectivity index (χ2v) is 7.41. The molecule has 0 bridgehead atoms. The maximum absolute atomic E-state index is 11.0. The van der Waals surface area contributed by atoms with Crippen LogP contribution in [0, 0.1) is 10.1 Å². The van der Waals surface area contributed by atoms with Gasteiger partial charge in [0.25, 0.3) is 11.4 Å². The number of nitrogens with zero attached hydrogens (tertiary/aromatic N) is 1. The van der Waals surface area contributed by atoms with Gasteiger partial charge in [-0.25, -0.2) is 0 Å². The number of hydrogen-bond donors (Lipinski definition) is 1. The molecule has 0 amide bonds. The minimum absolute atomic E-state index is 0.133. The summed E-state index contributed by atoms with van der Waals surface area (Å²) in [6.45, 7) is 0. The van der Waals surface area contributed by atoms with Gasteiger partial charge in [-0.3, -0.25) is 10.1 Å². The highest BCUT2D eigenvalue weighted by molar-refractivity contribution is 5.66. The molecule has 2 N–H and O–H groups in total. The number of nitro groups is 1. The quantitative estimate of drug-likeness (QED) is 0.681. The first-order chi connectivity index (χ1) is 11.7. The maximum Gasteiger partial charge on any atom is 0.270 e. The first kappa shape index (κ1) is 15.6. The Morgan fingerprint density at radius 1 is 1.17 bits per heavy atom. The fraction of sp³-hybridized carbons (Fsp3) is 0.579. The lowest BCUT2D eigenvalue weighted by Gasteiger charge is -2.42. The van der Waals surface area contributed by atoms with Gasteiger partial charge in [0.15, 0.2) is 0 Å². The van der Waals surface area contributed by atoms with Crippen molar-refractivity contribution in [3.63, 3.8) is 0 Å². The molecule has 3 aliphatic rings. The summed E-state index contributed by atoms with van der Waals surface area (Å²) < 4.78 is 6.51. The van der Waals surface area contributed by atoms with Crippen LogP contribution in [0.5, 0.6) is 5.75 Å². The van der Waals surface area contributed by atoms with E-state index < -0.39 is 0 Å². The van der Waals surface area contributed by atoms with E-state index in [0.29, 0.717) is 6.04 Å². The third-order valence-electron chi connectivity index (χ3n) is 5.77. The van der Waals surface area contributed by atoms with Gasteiger partial charge in [0.05, 0.1) is 11.0 Å². The first-order valence-electron chi connectivity index (χ1n) is 9.21. The third-order valence-corrected chi connectivity index (χ3v) is 5.77. The second-order valence-electron chi connectivity index (χ2n) is 7.41. The van der Waals surface area contributed by atoms with Crippen LogP contribution in [0.2, 0.25) is 0 Å². The van der Waals surface area contributed by atoms with Gasteiger partial charge in [-0.1, -0.05) is 6.42 Å². The Labute approximate surface area is 142 Å². The molecule has 2 aliphatic carbocycles. The standard InChI is InChI=1S/C19H24N2O3/c22-21(23)17-9-10-18-14(13-17)12-15-6-4-5-11-19(15,24-18)20-16-7-2-1-3-8-16/h9-10,12-13,16,20H,1-8,11H2/p+1/t19-/m1/s1. The molecule has 1 atom stereocenters. The third kappa shape index (κ3) is 2.81. The molecule has 5 nitrogen and oxygen atoms in total. The highest BCUT2D eigenvalue weighted by atomic mass is 16.6. The van der Waals surface area contributed by atoms with Crippen molar-refractivity contribution in [1.29, 1.82) is 0 Å². The summed E-state index contributed by atoms with van der Waals surface area (Å²) in [4.78, 5) is 10.7. The van der Waals surface area contributed by atoms with Crippen molar-refractivity contribution in [2.45, 2.75) is 69.6 Å². The van der Waals surface area contributed by atoms with E-state index in [-0.39, 0.29) is 16.3 Å². The molecule has 24 heavy (non-hydrogen) atoms. The Morgan fingerprint density at radius 3 is 2.79 bits per heavy atom. The zero-order chi connectivity index (χ0) is 16.6. The number of ether oxygens (including phenoxy) is 1. The van der Waals surface area contributed by atoms with E-state index in [9.17, 15) is 10.1 Å². The number of rotatable bonds is 3. The van der Waals surface area contributed by atoms with Crippen molar-refractivity contribution >= 4 is 11.8 Å². The molecular weight excluding hydrogens is 304 g/mol. The molecule has 0 radical (unpaired) electrons. The van der Waals surface area contributed by atoms with Gasteiger partial charge in [-0.05, 0) is 57.1 Å². The molecular formula is C19H25N2O3+. The maximum atomic E-state index is 11.0. The normalized spacial score (nSPS) is 26.8. The van der Waals surface area contributed by atoms with Gasteiger partial charge in [0.1, 0.15) is 5.75 Å². The molecule has 0 saturated heterocycles. The summed E-state index contributed by atoms with van der Waals surface area (Å²) in [6, 6.07) is 5.60. The van der Waals surface area contributed by atoms with Crippen molar-refractivity contribution in [3.8, 4) is 5.75 Å². The molecule has 2 fully saturated rings. The van der Waals surface area contributed by atoms with E-state index >= 15 is 0 Å². The lowest BCUT2D eigenvalue weighted by molar-refractivity contribution is -0.782. The SMILES string of the molecule is O=[N+]([O-])c1ccc2c(c1)C=C1CCCC[C@@]1([NH2+]C1CCCCC1)O2. The predicted molar refractivity (Wildman–Crippen MR) is 91.7 cm³/mol. The molecule has 1 aliphatic heterocycles. The van der Waals surface area contributed by atoms with Gasteiger partial charge in [-0.2, -0.15) is 0 Å². The van der Waals surface area contributed by atoms with Gasteiger partial charge < -0.3 is 10.1 Å². The monoisotopic (exact) mass is 329 g/mol. The zero-order valence-corrected chi connectivity index (χ0v) is 14.0. The molecule has 5 heteroatoms. The van der Waals surface area contributed by atoms with Crippen LogP contribution in [0.15, 0.2) is 23.8 Å². The molecule has 4 rings (SSSR count). The Hall–Kier alpha value is -1.88. The summed E-state index contributed by atoms with van der Waals surface area (Å²) in [7, 11) is 0. The number of nitro benzene ring substituents is 1. The van der Waals surface area contributed by atoms with Crippen molar-refractivity contribution < 1.29 is 15.0 Å². The van der Waals surface area contributed by atoms with Crippen molar-refractivity contribution in [1.82, 2.24) is 0 Å². The number of nitrogens with two attached hydrogens (primary N) is 1. The molecule has 0 unspecified atom stereocenters. The van der Waals surface area contributed by atoms with E-state index in [1.54, 1.807) is 18.2 Å². The lowest BCUT2D eigenvalue weighted by Crippen LogP contribution is -3.03. The van der Waals surface area contributed by atoms with Gasteiger partial charge in [-0.15, -0.1) is 0 Å². The molecule has 1 heterocycles. The van der Waals surface area contributed by atoms with Crippen molar-refractivity contribution in [2.24, 2.45) is 0 Å². The van der Waals surface area contributed by atoms with E-state index in [4.69, 9.17) is 4.74 Å². The minimum Gasteiger partial charge on any atom is -0.436 e. The predicted octanol–water partition coefficient (Wildman–Crippen LogP) is 3.54. The summed E-state index contributed by atoms with van der Waals surface area (Å²) in [5.41, 5.74) is 2.03. The number of non-ortho nitro benzene ring substituents is 1. The number of fused-ring (bicyclic) bond motifs is 2. The van der Waals surface area contributed by atoms with Gasteiger partial charge in [0, 0.05) is 29.7 Å². The summed E-state index contributed by atoms with van der Waals surface area (Å²) in [5, 5.41) is 13.5. The fourth-order valence-electron chi connectivity index (χ4n) is 4.53. The molecule has 0 spiro atoms. The topological polar surface area (TPSA) is 69.0 Å². The zero-order valence-electron chi connectivity index (χ0n) is 14.0. The Bertz CT molecular complexity index is 679. The highest BCUT2D eigenvalue weighted by Gasteiger charge is 2.46. The Kier molecular flexibility index (Phi) is 4.04. The van der Waals surface area contributed by atoms with Crippen molar-refractivity contribution in [2.75, 3.05) is 0 Å². The molecule has 1 aromatic rings. The largest absolute Gasteiger partial charge is 0.436 e. The highest BCUT2D eigenvalue weighted by Crippen LogP contribution is 2.41. The van der Waals surface area contributed by atoms with Gasteiger partial charge in [0.2, 0.25) is 0 Å². The van der Waals surface area contributed by atoms with Crippen LogP contribution in [0.1, 0.15) is 63.4 Å². The van der Waals surface area contributed by atoms with Crippen molar-refractivity contribution in [3.05, 3.63) is 39.4 Å². The second kappa shape index (κ2) is 6.20. The van der Waals surface area contributed by atoms with E-state index in [1.165, 1.54) is 50.5 Å². The summed E-state index contributed by atoms with van der Waals surface area (Å²) in [6.07, 6.45) is 13.1. The van der Waals surface area contributed by atoms with Crippen LogP contribution in [-0.4, -0.2) is 16.7 Å². The Morgan fingerprint density at radius 2 is 2.00 bits per heavy atom. The first-order valence-corrected chi connectivity index (χ1v) is 9.21. The smallest absolute Gasteiger partial charge is 0.270 e. The van der Waals surface area contributed by atoms with E-state index in [1.807, 2.05) is 0 Å². The van der Waals surface area contributed by atoms with Crippen LogP contribution in [-0.2, 0) is 0 Å². The molecule has 128 valence electrons. The fourth-order valence-corrected chi connectivity index (χ4v) is 4.53. The van der Waals surface area contributed by atoms with Crippen LogP contribution < -0.4 is 10.1 Å². The average Bonchev–Trinajstić information content (AvgIpc) is 2.60. The van der Waals surface area contributed by atoms with Crippen LogP contribution in [0.3, 0.4) is 0 Å². The van der Waals surface area contributed by atoms with Crippen LogP contribution in [0.4, 0.5) is 5.69 Å². The Balaban J connectivity index is 1.66.